The van der Waals surface area contributed by atoms with Crippen molar-refractivity contribution in [2.45, 2.75) is 13.5 Å². The number of benzene rings is 2. The lowest BCUT2D eigenvalue weighted by Crippen LogP contribution is -2.05. The number of hydrogen-bond donors (Lipinski definition) is 0. The summed E-state index contributed by atoms with van der Waals surface area (Å²) in [6.07, 6.45) is 0. The van der Waals surface area contributed by atoms with Gasteiger partial charge in [-0.15, -0.1) is 0 Å². The highest BCUT2D eigenvalue weighted by atomic mass is 16.5. The minimum absolute atomic E-state index is 0.178. The molecular formula is C18H15NO2. The Morgan fingerprint density at radius 2 is 1.86 bits per heavy atom. The van der Waals surface area contributed by atoms with E-state index in [1.54, 1.807) is 12.1 Å². The average Bonchev–Trinajstić information content (AvgIpc) is 2.53. The first kappa shape index (κ1) is 13.3. The maximum absolute atomic E-state index is 11.9. The Kier molecular flexibility index (Phi) is 3.65. The van der Waals surface area contributed by atoms with Gasteiger partial charge < -0.3 is 4.74 Å². The van der Waals surface area contributed by atoms with Crippen LogP contribution in [0.4, 0.5) is 0 Å². The van der Waals surface area contributed by atoms with Gasteiger partial charge in [-0.25, -0.2) is 9.78 Å². The Morgan fingerprint density at radius 3 is 2.67 bits per heavy atom. The van der Waals surface area contributed by atoms with Gasteiger partial charge in [0.1, 0.15) is 6.61 Å². The van der Waals surface area contributed by atoms with Crippen LogP contribution in [0.2, 0.25) is 0 Å². The monoisotopic (exact) mass is 277 g/mol. The van der Waals surface area contributed by atoms with E-state index in [0.29, 0.717) is 5.56 Å². The first-order chi connectivity index (χ1) is 10.2. The van der Waals surface area contributed by atoms with Gasteiger partial charge in [-0.3, -0.25) is 0 Å². The zero-order valence-electron chi connectivity index (χ0n) is 11.7. The highest BCUT2D eigenvalue weighted by Crippen LogP contribution is 2.15. The minimum Gasteiger partial charge on any atom is -0.456 e. The topological polar surface area (TPSA) is 39.2 Å². The summed E-state index contributed by atoms with van der Waals surface area (Å²) in [6, 6.07) is 18.9. The molecule has 1 aromatic heterocycles. The smallest absolute Gasteiger partial charge is 0.338 e. The van der Waals surface area contributed by atoms with Crippen LogP contribution in [-0.4, -0.2) is 11.0 Å². The molecule has 104 valence electrons. The molecule has 0 atom stereocenters. The molecule has 3 aromatic rings. The van der Waals surface area contributed by atoms with Crippen LogP contribution in [0.15, 0.2) is 60.7 Å². The van der Waals surface area contributed by atoms with Crippen molar-refractivity contribution >= 4 is 16.9 Å². The van der Waals surface area contributed by atoms with Crippen molar-refractivity contribution < 1.29 is 9.53 Å². The molecule has 0 spiro atoms. The lowest BCUT2D eigenvalue weighted by molar-refractivity contribution is 0.0468. The first-order valence-electron chi connectivity index (χ1n) is 6.81. The number of aryl methyl sites for hydroxylation is 1. The van der Waals surface area contributed by atoms with E-state index in [1.165, 1.54) is 5.56 Å². The molecule has 3 heteroatoms. The van der Waals surface area contributed by atoms with Gasteiger partial charge in [0, 0.05) is 5.39 Å². The van der Waals surface area contributed by atoms with Gasteiger partial charge in [-0.1, -0.05) is 35.9 Å². The van der Waals surface area contributed by atoms with E-state index in [9.17, 15) is 4.79 Å². The summed E-state index contributed by atoms with van der Waals surface area (Å²) >= 11 is 0. The maximum atomic E-state index is 11.9. The Morgan fingerprint density at radius 1 is 1.05 bits per heavy atom. The standard InChI is InChI=1S/C18H15NO2/c1-13-7-10-17-15(11-13)8-9-16(19-17)12-21-18(20)14-5-3-2-4-6-14/h2-11H,12H2,1H3. The average molecular weight is 277 g/mol. The van der Waals surface area contributed by atoms with Crippen LogP contribution < -0.4 is 0 Å². The molecule has 0 N–H and O–H groups in total. The molecule has 0 amide bonds. The molecule has 21 heavy (non-hydrogen) atoms. The minimum atomic E-state index is -0.332. The third-order valence-electron chi connectivity index (χ3n) is 3.26. The van der Waals surface area contributed by atoms with Gasteiger partial charge in [0.2, 0.25) is 0 Å². The van der Waals surface area contributed by atoms with Crippen molar-refractivity contribution in [1.29, 1.82) is 0 Å². The summed E-state index contributed by atoms with van der Waals surface area (Å²) < 4.78 is 5.29. The number of nitrogens with zero attached hydrogens (tertiary/aromatic N) is 1. The number of carbonyl (C=O) groups excluding carboxylic acids is 1. The van der Waals surface area contributed by atoms with E-state index >= 15 is 0 Å². The van der Waals surface area contributed by atoms with E-state index in [1.807, 2.05) is 42.5 Å². The molecular weight excluding hydrogens is 262 g/mol. The third kappa shape index (κ3) is 3.08. The van der Waals surface area contributed by atoms with Crippen molar-refractivity contribution in [2.24, 2.45) is 0 Å². The second-order valence-electron chi connectivity index (χ2n) is 4.94. The van der Waals surface area contributed by atoms with Crippen molar-refractivity contribution in [2.75, 3.05) is 0 Å². The van der Waals surface area contributed by atoms with Crippen LogP contribution >= 0.6 is 0 Å². The SMILES string of the molecule is Cc1ccc2nc(COC(=O)c3ccccc3)ccc2c1. The summed E-state index contributed by atoms with van der Waals surface area (Å²) in [4.78, 5) is 16.4. The predicted molar refractivity (Wildman–Crippen MR) is 82.0 cm³/mol. The molecule has 0 bridgehead atoms. The number of pyridine rings is 1. The van der Waals surface area contributed by atoms with E-state index in [0.717, 1.165) is 16.6 Å². The lowest BCUT2D eigenvalue weighted by atomic mass is 10.1. The molecule has 3 nitrogen and oxygen atoms in total. The second-order valence-corrected chi connectivity index (χ2v) is 4.94. The zero-order chi connectivity index (χ0) is 14.7. The van der Waals surface area contributed by atoms with Gasteiger partial charge >= 0.3 is 5.97 Å². The number of hydrogen-bond acceptors (Lipinski definition) is 3. The van der Waals surface area contributed by atoms with Crippen molar-refractivity contribution in [3.63, 3.8) is 0 Å². The summed E-state index contributed by atoms with van der Waals surface area (Å²) in [7, 11) is 0. The van der Waals surface area contributed by atoms with Gasteiger partial charge in [0.05, 0.1) is 16.8 Å². The van der Waals surface area contributed by atoms with Crippen LogP contribution in [0, 0.1) is 6.92 Å². The second kappa shape index (κ2) is 5.75. The molecule has 0 fully saturated rings. The van der Waals surface area contributed by atoms with Crippen molar-refractivity contribution in [3.8, 4) is 0 Å². The summed E-state index contributed by atoms with van der Waals surface area (Å²) in [5.74, 6) is -0.332. The fraction of sp³-hybridized carbons (Fsp3) is 0.111. The normalized spacial score (nSPS) is 10.5. The number of fused-ring (bicyclic) bond motifs is 1. The van der Waals surface area contributed by atoms with E-state index in [2.05, 4.69) is 18.0 Å². The zero-order valence-corrected chi connectivity index (χ0v) is 11.7. The van der Waals surface area contributed by atoms with Gasteiger partial charge in [-0.05, 0) is 37.3 Å². The largest absolute Gasteiger partial charge is 0.456 e. The quantitative estimate of drug-likeness (QED) is 0.681. The van der Waals surface area contributed by atoms with Crippen LogP contribution in [0.1, 0.15) is 21.6 Å². The Hall–Kier alpha value is -2.68. The molecule has 0 aliphatic carbocycles. The molecule has 0 aliphatic rings. The Labute approximate surface area is 123 Å². The molecule has 3 rings (SSSR count). The number of carbonyl (C=O) groups is 1. The van der Waals surface area contributed by atoms with E-state index in [4.69, 9.17) is 4.74 Å². The van der Waals surface area contributed by atoms with Crippen LogP contribution in [-0.2, 0) is 11.3 Å². The summed E-state index contributed by atoms with van der Waals surface area (Å²) in [5.41, 5.74) is 3.41. The maximum Gasteiger partial charge on any atom is 0.338 e. The number of rotatable bonds is 3. The van der Waals surface area contributed by atoms with E-state index in [-0.39, 0.29) is 12.6 Å². The van der Waals surface area contributed by atoms with Gasteiger partial charge in [0.15, 0.2) is 0 Å². The highest BCUT2D eigenvalue weighted by molar-refractivity contribution is 5.89. The Balaban J connectivity index is 1.73. The molecule has 0 saturated heterocycles. The predicted octanol–water partition coefficient (Wildman–Crippen LogP) is 3.90. The number of aromatic nitrogens is 1. The van der Waals surface area contributed by atoms with Crippen molar-refractivity contribution in [3.05, 3.63) is 77.5 Å². The van der Waals surface area contributed by atoms with Gasteiger partial charge in [0.25, 0.3) is 0 Å². The van der Waals surface area contributed by atoms with Crippen LogP contribution in [0.25, 0.3) is 10.9 Å². The number of esters is 1. The number of ether oxygens (including phenoxy) is 1. The van der Waals surface area contributed by atoms with Crippen LogP contribution in [0.5, 0.6) is 0 Å². The van der Waals surface area contributed by atoms with Crippen LogP contribution in [0.3, 0.4) is 0 Å². The fourth-order valence-electron chi connectivity index (χ4n) is 2.16. The molecule has 0 radical (unpaired) electrons. The molecule has 2 aromatic carbocycles. The molecule has 1 heterocycles. The fourth-order valence-corrected chi connectivity index (χ4v) is 2.16. The summed E-state index contributed by atoms with van der Waals surface area (Å²) in [5, 5.41) is 1.09. The van der Waals surface area contributed by atoms with E-state index < -0.39 is 0 Å². The summed E-state index contributed by atoms with van der Waals surface area (Å²) in [6.45, 7) is 2.23. The third-order valence-corrected chi connectivity index (χ3v) is 3.26. The lowest BCUT2D eigenvalue weighted by Gasteiger charge is -2.06. The molecule has 0 aliphatic heterocycles. The first-order valence-corrected chi connectivity index (χ1v) is 6.81. The van der Waals surface area contributed by atoms with Crippen molar-refractivity contribution in [1.82, 2.24) is 4.98 Å². The molecule has 0 unspecified atom stereocenters. The Bertz CT molecular complexity index is 782. The highest BCUT2D eigenvalue weighted by Gasteiger charge is 2.07. The van der Waals surface area contributed by atoms with Gasteiger partial charge in [-0.2, -0.15) is 0 Å². The molecule has 0 saturated carbocycles.